The van der Waals surface area contributed by atoms with Crippen molar-refractivity contribution in [2.45, 2.75) is 19.4 Å². The van der Waals surface area contributed by atoms with Gasteiger partial charge in [0.15, 0.2) is 0 Å². The Morgan fingerprint density at radius 2 is 1.61 bits per heavy atom. The molecule has 3 aromatic rings. The van der Waals surface area contributed by atoms with E-state index in [0.29, 0.717) is 23.4 Å². The summed E-state index contributed by atoms with van der Waals surface area (Å²) in [6.07, 6.45) is -5.02. The first-order valence-electron chi connectivity index (χ1n) is 9.65. The number of urea groups is 1. The molecule has 10 heteroatoms. The normalized spacial score (nSPS) is 11.9. The second kappa shape index (κ2) is 10.8. The highest BCUT2D eigenvalue weighted by molar-refractivity contribution is 8.12. The summed E-state index contributed by atoms with van der Waals surface area (Å²) in [6.45, 7) is 1.91. The van der Waals surface area contributed by atoms with Crippen LogP contribution in [-0.2, 0) is 0 Å². The number of ether oxygens (including phenoxy) is 2. The van der Waals surface area contributed by atoms with Gasteiger partial charge in [-0.1, -0.05) is 36.4 Å². The van der Waals surface area contributed by atoms with Crippen LogP contribution in [0.4, 0.5) is 23.7 Å². The van der Waals surface area contributed by atoms with Gasteiger partial charge in [-0.3, -0.25) is 9.52 Å². The number of hydrogen-bond acceptors (Lipinski definition) is 5. The van der Waals surface area contributed by atoms with Gasteiger partial charge < -0.3 is 14.8 Å². The van der Waals surface area contributed by atoms with Crippen molar-refractivity contribution < 1.29 is 32.2 Å². The monoisotopic (exact) mass is 476 g/mol. The Morgan fingerprint density at radius 3 is 2.27 bits per heavy atom. The van der Waals surface area contributed by atoms with Gasteiger partial charge in [0.1, 0.15) is 17.6 Å². The maximum atomic E-state index is 12.2. The van der Waals surface area contributed by atoms with E-state index in [0.717, 1.165) is 17.7 Å². The summed E-state index contributed by atoms with van der Waals surface area (Å²) in [5.74, 6) is 0.104. The summed E-state index contributed by atoms with van der Waals surface area (Å²) in [7, 11) is 0. The molecule has 2 amide bonds. The van der Waals surface area contributed by atoms with Crippen molar-refractivity contribution in [2.24, 2.45) is 0 Å². The number of rotatable bonds is 6. The summed E-state index contributed by atoms with van der Waals surface area (Å²) >= 11 is 0.493. The minimum absolute atomic E-state index is 0.0973. The lowest BCUT2D eigenvalue weighted by atomic mass is 10.1. The van der Waals surface area contributed by atoms with E-state index in [9.17, 15) is 22.8 Å². The predicted octanol–water partition coefficient (Wildman–Crippen LogP) is 6.34. The number of hydrogen-bond donors (Lipinski definition) is 2. The SMILES string of the molecule is C[C@H](Oc1cccc(NC(=O)NSC(=O)c2ccc(OC(F)(F)F)cc2)c1)c1ccccc1. The Bertz CT molecular complexity index is 1090. The van der Waals surface area contributed by atoms with Gasteiger partial charge in [-0.2, -0.15) is 0 Å². The summed E-state index contributed by atoms with van der Waals surface area (Å²) in [5.41, 5.74) is 1.55. The van der Waals surface area contributed by atoms with Gasteiger partial charge in [0.05, 0.1) is 0 Å². The van der Waals surface area contributed by atoms with Crippen LogP contribution in [0.5, 0.6) is 11.5 Å². The minimum Gasteiger partial charge on any atom is -0.486 e. The number of alkyl halides is 3. The topological polar surface area (TPSA) is 76.7 Å². The van der Waals surface area contributed by atoms with Crippen molar-refractivity contribution in [1.82, 2.24) is 4.72 Å². The van der Waals surface area contributed by atoms with Crippen molar-refractivity contribution in [1.29, 1.82) is 0 Å². The van der Waals surface area contributed by atoms with E-state index in [2.05, 4.69) is 14.8 Å². The van der Waals surface area contributed by atoms with Crippen LogP contribution in [0.1, 0.15) is 28.9 Å². The van der Waals surface area contributed by atoms with E-state index in [4.69, 9.17) is 4.74 Å². The first-order chi connectivity index (χ1) is 15.7. The van der Waals surface area contributed by atoms with Gasteiger partial charge >= 0.3 is 12.4 Å². The van der Waals surface area contributed by atoms with Crippen molar-refractivity contribution in [3.63, 3.8) is 0 Å². The molecule has 2 N–H and O–H groups in total. The molecule has 33 heavy (non-hydrogen) atoms. The summed E-state index contributed by atoms with van der Waals surface area (Å²) in [6, 6.07) is 20.1. The van der Waals surface area contributed by atoms with Crippen LogP contribution >= 0.6 is 11.9 Å². The van der Waals surface area contributed by atoms with Crippen LogP contribution in [0, 0.1) is 0 Å². The number of anilines is 1. The number of carbonyl (C=O) groups excluding carboxylic acids is 2. The molecule has 0 unspecified atom stereocenters. The Morgan fingerprint density at radius 1 is 0.909 bits per heavy atom. The molecule has 1 atom stereocenters. The van der Waals surface area contributed by atoms with E-state index in [-0.39, 0.29) is 11.7 Å². The van der Waals surface area contributed by atoms with Gasteiger partial charge in [0.2, 0.25) is 5.12 Å². The van der Waals surface area contributed by atoms with E-state index < -0.39 is 23.3 Å². The Labute approximate surface area is 192 Å². The largest absolute Gasteiger partial charge is 0.573 e. The fraction of sp³-hybridized carbons (Fsp3) is 0.130. The third kappa shape index (κ3) is 7.76. The molecule has 0 heterocycles. The lowest BCUT2D eigenvalue weighted by Crippen LogP contribution is -2.24. The lowest BCUT2D eigenvalue weighted by Gasteiger charge is -2.16. The Hall–Kier alpha value is -3.66. The molecule has 0 aromatic heterocycles. The maximum absolute atomic E-state index is 12.2. The number of carbonyl (C=O) groups is 2. The first kappa shape index (κ1) is 24.0. The summed E-state index contributed by atoms with van der Waals surface area (Å²) in [4.78, 5) is 24.3. The third-order valence-electron chi connectivity index (χ3n) is 4.23. The average Bonchev–Trinajstić information content (AvgIpc) is 2.78. The molecule has 0 bridgehead atoms. The van der Waals surface area contributed by atoms with Crippen molar-refractivity contribution in [2.75, 3.05) is 5.32 Å². The van der Waals surface area contributed by atoms with Crippen LogP contribution < -0.4 is 19.5 Å². The highest BCUT2D eigenvalue weighted by Crippen LogP contribution is 2.25. The van der Waals surface area contributed by atoms with E-state index in [1.807, 2.05) is 37.3 Å². The summed E-state index contributed by atoms with van der Waals surface area (Å²) in [5, 5.41) is 2.03. The lowest BCUT2D eigenvalue weighted by molar-refractivity contribution is -0.274. The van der Waals surface area contributed by atoms with E-state index in [1.165, 1.54) is 12.1 Å². The fourth-order valence-corrected chi connectivity index (χ4v) is 3.23. The number of halogens is 3. The molecular formula is C23H19F3N2O4S. The van der Waals surface area contributed by atoms with Gasteiger partial charge in [-0.05, 0) is 48.9 Å². The highest BCUT2D eigenvalue weighted by Gasteiger charge is 2.31. The fourth-order valence-electron chi connectivity index (χ4n) is 2.74. The van der Waals surface area contributed by atoms with Crippen LogP contribution in [-0.4, -0.2) is 17.5 Å². The van der Waals surface area contributed by atoms with Crippen LogP contribution in [0.15, 0.2) is 78.9 Å². The zero-order valence-electron chi connectivity index (χ0n) is 17.3. The molecular weight excluding hydrogens is 457 g/mol. The molecule has 3 aromatic carbocycles. The molecule has 0 saturated heterocycles. The van der Waals surface area contributed by atoms with Crippen LogP contribution in [0.25, 0.3) is 0 Å². The molecule has 0 saturated carbocycles. The minimum atomic E-state index is -4.82. The highest BCUT2D eigenvalue weighted by atomic mass is 32.2. The van der Waals surface area contributed by atoms with Gasteiger partial charge in [0.25, 0.3) is 0 Å². The molecule has 6 nitrogen and oxygen atoms in total. The Balaban J connectivity index is 1.50. The smallest absolute Gasteiger partial charge is 0.486 e. The van der Waals surface area contributed by atoms with Crippen LogP contribution in [0.3, 0.4) is 0 Å². The van der Waals surface area contributed by atoms with Gasteiger partial charge in [-0.25, -0.2) is 4.79 Å². The van der Waals surface area contributed by atoms with Crippen molar-refractivity contribution in [3.8, 4) is 11.5 Å². The number of amides is 2. The maximum Gasteiger partial charge on any atom is 0.573 e. The molecule has 0 fully saturated rings. The molecule has 0 aliphatic heterocycles. The third-order valence-corrected chi connectivity index (χ3v) is 4.94. The standard InChI is InChI=1S/C23H19F3N2O4S/c1-15(16-6-3-2-4-7-16)31-20-9-5-8-18(14-20)27-22(30)28-33-21(29)17-10-12-19(13-11-17)32-23(24,25)26/h2-15H,1H3,(H2,27,28,30)/t15-/m0/s1. The molecule has 0 aliphatic carbocycles. The number of benzene rings is 3. The molecule has 172 valence electrons. The molecule has 0 aliphatic rings. The predicted molar refractivity (Wildman–Crippen MR) is 119 cm³/mol. The van der Waals surface area contributed by atoms with E-state index in [1.54, 1.807) is 24.3 Å². The second-order valence-corrected chi connectivity index (χ2v) is 7.50. The summed E-state index contributed by atoms with van der Waals surface area (Å²) < 4.78 is 48.6. The van der Waals surface area contributed by atoms with Crippen molar-refractivity contribution in [3.05, 3.63) is 90.0 Å². The number of nitrogens with one attached hydrogen (secondary N) is 2. The average molecular weight is 476 g/mol. The zero-order valence-corrected chi connectivity index (χ0v) is 18.1. The second-order valence-electron chi connectivity index (χ2n) is 6.72. The van der Waals surface area contributed by atoms with E-state index >= 15 is 0 Å². The molecule has 3 rings (SSSR count). The van der Waals surface area contributed by atoms with Crippen LogP contribution in [0.2, 0.25) is 0 Å². The quantitative estimate of drug-likeness (QED) is 0.406. The van der Waals surface area contributed by atoms with Crippen molar-refractivity contribution >= 4 is 28.8 Å². The Kier molecular flexibility index (Phi) is 7.83. The van der Waals surface area contributed by atoms with Gasteiger partial charge in [-0.15, -0.1) is 13.2 Å². The molecule has 0 spiro atoms. The molecule has 0 radical (unpaired) electrons. The first-order valence-corrected chi connectivity index (χ1v) is 10.5. The van der Waals surface area contributed by atoms with Gasteiger partial charge in [0, 0.05) is 29.3 Å². The zero-order chi connectivity index (χ0) is 23.8.